The van der Waals surface area contributed by atoms with Crippen LogP contribution in [0.15, 0.2) is 48.9 Å². The van der Waals surface area contributed by atoms with Crippen molar-refractivity contribution >= 4 is 11.7 Å². The van der Waals surface area contributed by atoms with Gasteiger partial charge in [-0.05, 0) is 43.5 Å². The van der Waals surface area contributed by atoms with Crippen LogP contribution in [0.2, 0.25) is 0 Å². The van der Waals surface area contributed by atoms with Gasteiger partial charge >= 0.3 is 6.18 Å². The molecule has 3 atom stereocenters. The van der Waals surface area contributed by atoms with Crippen LogP contribution in [0.3, 0.4) is 0 Å². The van der Waals surface area contributed by atoms with Gasteiger partial charge in [-0.3, -0.25) is 4.79 Å². The van der Waals surface area contributed by atoms with Gasteiger partial charge < -0.3 is 10.2 Å². The largest absolute Gasteiger partial charge is 0.417 e. The van der Waals surface area contributed by atoms with E-state index in [0.29, 0.717) is 31.5 Å². The fourth-order valence-electron chi connectivity index (χ4n) is 4.83. The van der Waals surface area contributed by atoms with E-state index in [0.717, 1.165) is 0 Å². The normalized spacial score (nSPS) is 21.7. The summed E-state index contributed by atoms with van der Waals surface area (Å²) in [5.74, 6) is -2.37. The van der Waals surface area contributed by atoms with E-state index in [9.17, 15) is 26.7 Å². The lowest BCUT2D eigenvalue weighted by atomic mass is 9.95. The Labute approximate surface area is 190 Å². The molecule has 3 aromatic rings. The number of halogens is 5. The molecule has 176 valence electrons. The monoisotopic (exact) mass is 475 g/mol. The number of nitrogens with one attached hydrogen (secondary N) is 1. The number of pyridine rings is 1. The zero-order chi connectivity index (χ0) is 24.0. The summed E-state index contributed by atoms with van der Waals surface area (Å²) in [6, 6.07) is 5.20. The van der Waals surface area contributed by atoms with E-state index in [1.165, 1.54) is 30.6 Å². The van der Waals surface area contributed by atoms with Crippen molar-refractivity contribution in [1.29, 1.82) is 0 Å². The first kappa shape index (κ1) is 22.2. The van der Waals surface area contributed by atoms with Crippen LogP contribution in [0.25, 0.3) is 11.4 Å². The number of anilines is 1. The van der Waals surface area contributed by atoms with Gasteiger partial charge in [0.1, 0.15) is 5.82 Å². The van der Waals surface area contributed by atoms with Crippen LogP contribution in [0.5, 0.6) is 0 Å². The van der Waals surface area contributed by atoms with Crippen LogP contribution in [0.1, 0.15) is 35.2 Å². The first-order valence-electron chi connectivity index (χ1n) is 10.6. The van der Waals surface area contributed by atoms with Crippen molar-refractivity contribution in [2.75, 3.05) is 5.32 Å². The smallest absolute Gasteiger partial charge is 0.363 e. The fraction of sp³-hybridized carbons (Fsp3) is 0.304. The Bertz CT molecular complexity index is 1240. The molecule has 1 aromatic carbocycles. The highest BCUT2D eigenvalue weighted by molar-refractivity contribution is 6.01. The zero-order valence-corrected chi connectivity index (χ0v) is 17.6. The van der Waals surface area contributed by atoms with Gasteiger partial charge in [0.15, 0.2) is 17.5 Å². The van der Waals surface area contributed by atoms with Gasteiger partial charge in [-0.15, -0.1) is 0 Å². The van der Waals surface area contributed by atoms with Gasteiger partial charge in [-0.25, -0.2) is 23.7 Å². The first-order valence-corrected chi connectivity index (χ1v) is 10.6. The average molecular weight is 475 g/mol. The maximum absolute atomic E-state index is 14.7. The number of alkyl halides is 3. The number of aromatic nitrogens is 3. The van der Waals surface area contributed by atoms with Crippen molar-refractivity contribution in [1.82, 2.24) is 19.9 Å². The summed E-state index contributed by atoms with van der Waals surface area (Å²) < 4.78 is 67.5. The van der Waals surface area contributed by atoms with Crippen LogP contribution in [0, 0.1) is 11.6 Å². The summed E-state index contributed by atoms with van der Waals surface area (Å²) in [7, 11) is 0. The second kappa shape index (κ2) is 8.30. The summed E-state index contributed by atoms with van der Waals surface area (Å²) in [5.41, 5.74) is -1.07. The van der Waals surface area contributed by atoms with E-state index < -0.39 is 35.3 Å². The third-order valence-electron chi connectivity index (χ3n) is 6.30. The number of nitrogens with zero attached hydrogens (tertiary/aromatic N) is 4. The minimum atomic E-state index is -4.70. The van der Waals surface area contributed by atoms with Crippen LogP contribution in [-0.4, -0.2) is 43.9 Å². The predicted molar refractivity (Wildman–Crippen MR) is 112 cm³/mol. The molecule has 11 heteroatoms. The Hall–Kier alpha value is -3.63. The number of benzene rings is 1. The molecule has 5 rings (SSSR count). The van der Waals surface area contributed by atoms with Crippen molar-refractivity contribution in [3.8, 4) is 11.4 Å². The van der Waals surface area contributed by atoms with E-state index in [1.807, 2.05) is 0 Å². The highest BCUT2D eigenvalue weighted by Crippen LogP contribution is 2.41. The molecule has 0 aliphatic carbocycles. The minimum absolute atomic E-state index is 0.000593. The quantitative estimate of drug-likeness (QED) is 0.555. The third kappa shape index (κ3) is 3.84. The number of hydrogen-bond acceptors (Lipinski definition) is 5. The standard InChI is InChI=1S/C23H18F5N5O/c24-15-4-1-3-14(19(15)21-29-7-2-8-30-21)22(34)33-13-5-6-18(33)17(10-13)32-20-16(25)9-12(11-31-20)23(26,27)28/h1-4,7-9,11,13,17-18H,5-6,10H2,(H,31,32)/t13-,17-,18+/m1/s1. The second-order valence-corrected chi connectivity index (χ2v) is 8.28. The molecule has 0 unspecified atom stereocenters. The number of amides is 1. The maximum atomic E-state index is 14.7. The molecule has 1 N–H and O–H groups in total. The van der Waals surface area contributed by atoms with Crippen LogP contribution in [-0.2, 0) is 6.18 Å². The van der Waals surface area contributed by atoms with Gasteiger partial charge in [-0.1, -0.05) is 6.07 Å². The lowest BCUT2D eigenvalue weighted by Gasteiger charge is -2.26. The van der Waals surface area contributed by atoms with Gasteiger partial charge in [0.2, 0.25) is 0 Å². The number of fused-ring (bicyclic) bond motifs is 2. The lowest BCUT2D eigenvalue weighted by Crippen LogP contribution is -2.40. The average Bonchev–Trinajstić information content (AvgIpc) is 3.37. The molecule has 1 amide bonds. The summed E-state index contributed by atoms with van der Waals surface area (Å²) in [6.45, 7) is 0. The molecule has 0 radical (unpaired) electrons. The Morgan fingerprint density at radius 1 is 1.03 bits per heavy atom. The maximum Gasteiger partial charge on any atom is 0.417 e. The molecule has 2 aromatic heterocycles. The molecule has 2 saturated heterocycles. The molecule has 6 nitrogen and oxygen atoms in total. The van der Waals surface area contributed by atoms with Crippen LogP contribution < -0.4 is 5.32 Å². The number of hydrogen-bond donors (Lipinski definition) is 1. The third-order valence-corrected chi connectivity index (χ3v) is 6.30. The van der Waals surface area contributed by atoms with E-state index in [4.69, 9.17) is 0 Å². The van der Waals surface area contributed by atoms with Gasteiger partial charge in [-0.2, -0.15) is 13.2 Å². The minimum Gasteiger partial charge on any atom is -0.363 e. The molecular weight excluding hydrogens is 457 g/mol. The highest BCUT2D eigenvalue weighted by atomic mass is 19.4. The summed E-state index contributed by atoms with van der Waals surface area (Å²) >= 11 is 0. The number of rotatable bonds is 4. The van der Waals surface area contributed by atoms with E-state index in [1.54, 1.807) is 11.0 Å². The summed E-state index contributed by atoms with van der Waals surface area (Å²) in [5, 5.41) is 2.87. The lowest BCUT2D eigenvalue weighted by molar-refractivity contribution is -0.138. The van der Waals surface area contributed by atoms with Crippen LogP contribution >= 0.6 is 0 Å². The Morgan fingerprint density at radius 2 is 1.79 bits per heavy atom. The number of carbonyl (C=O) groups excluding carboxylic acids is 1. The molecule has 2 fully saturated rings. The van der Waals surface area contributed by atoms with Gasteiger partial charge in [0, 0.05) is 24.6 Å². The molecule has 0 saturated carbocycles. The van der Waals surface area contributed by atoms with E-state index >= 15 is 0 Å². The molecular formula is C23H18F5N5O. The van der Waals surface area contributed by atoms with Gasteiger partial charge in [0.25, 0.3) is 5.91 Å². The SMILES string of the molecule is O=C(c1cccc(F)c1-c1ncccn1)N1[C@@H]2CC[C@H]1[C@H](Nc1ncc(C(F)(F)F)cc1F)C2. The predicted octanol–water partition coefficient (Wildman–Crippen LogP) is 4.69. The Kier molecular flexibility index (Phi) is 5.41. The fourth-order valence-corrected chi connectivity index (χ4v) is 4.83. The van der Waals surface area contributed by atoms with Crippen LogP contribution in [0.4, 0.5) is 27.8 Å². The Balaban J connectivity index is 1.41. The van der Waals surface area contributed by atoms with Crippen molar-refractivity contribution in [3.63, 3.8) is 0 Å². The molecule has 2 aliphatic heterocycles. The van der Waals surface area contributed by atoms with Crippen molar-refractivity contribution < 1.29 is 26.7 Å². The zero-order valence-electron chi connectivity index (χ0n) is 17.6. The molecule has 2 bridgehead atoms. The molecule has 34 heavy (non-hydrogen) atoms. The highest BCUT2D eigenvalue weighted by Gasteiger charge is 2.49. The van der Waals surface area contributed by atoms with E-state index in [-0.39, 0.29) is 34.9 Å². The van der Waals surface area contributed by atoms with E-state index in [2.05, 4.69) is 20.3 Å². The number of carbonyl (C=O) groups is 1. The summed E-state index contributed by atoms with van der Waals surface area (Å²) in [4.78, 5) is 26.9. The van der Waals surface area contributed by atoms with Crippen molar-refractivity contribution in [2.24, 2.45) is 0 Å². The first-order chi connectivity index (χ1) is 16.2. The summed E-state index contributed by atoms with van der Waals surface area (Å²) in [6.07, 6.45) is 0.563. The van der Waals surface area contributed by atoms with Crippen molar-refractivity contribution in [3.05, 3.63) is 71.7 Å². The Morgan fingerprint density at radius 3 is 2.50 bits per heavy atom. The second-order valence-electron chi connectivity index (χ2n) is 8.28. The van der Waals surface area contributed by atoms with Crippen molar-refractivity contribution in [2.45, 2.75) is 43.6 Å². The topological polar surface area (TPSA) is 71.0 Å². The van der Waals surface area contributed by atoms with Gasteiger partial charge in [0.05, 0.1) is 28.8 Å². The molecule has 0 spiro atoms. The molecule has 2 aliphatic rings. The molecule has 4 heterocycles.